The summed E-state index contributed by atoms with van der Waals surface area (Å²) in [5.41, 5.74) is 5.65. The first-order valence-corrected chi connectivity index (χ1v) is 6.77. The number of amidine groups is 1. The molecule has 4 N–H and O–H groups in total. The van der Waals surface area contributed by atoms with Crippen molar-refractivity contribution in [2.75, 3.05) is 6.54 Å². The van der Waals surface area contributed by atoms with E-state index in [4.69, 9.17) is 10.9 Å². The highest BCUT2D eigenvalue weighted by molar-refractivity contribution is 6.06. The first-order valence-electron chi connectivity index (χ1n) is 6.77. The standard InChI is InChI=1S/C14H22N4O2/c1-3-14(4-2,12(15)18-20)13(19)17-10-8-11-7-5-6-9-16-11/h5-7,9,20H,3-4,8,10H2,1-2H3,(H2,15,18)(H,17,19). The molecule has 0 unspecified atom stereocenters. The zero-order valence-electron chi connectivity index (χ0n) is 12.0. The van der Waals surface area contributed by atoms with Crippen molar-refractivity contribution < 1.29 is 10.0 Å². The van der Waals surface area contributed by atoms with E-state index in [0.29, 0.717) is 25.8 Å². The highest BCUT2D eigenvalue weighted by Crippen LogP contribution is 2.26. The Morgan fingerprint density at radius 1 is 1.45 bits per heavy atom. The smallest absolute Gasteiger partial charge is 0.233 e. The van der Waals surface area contributed by atoms with E-state index in [9.17, 15) is 4.79 Å². The summed E-state index contributed by atoms with van der Waals surface area (Å²) >= 11 is 0. The van der Waals surface area contributed by atoms with Crippen LogP contribution in [0.3, 0.4) is 0 Å². The van der Waals surface area contributed by atoms with Gasteiger partial charge in [-0.15, -0.1) is 0 Å². The van der Waals surface area contributed by atoms with Gasteiger partial charge < -0.3 is 16.3 Å². The number of oxime groups is 1. The third kappa shape index (κ3) is 3.46. The van der Waals surface area contributed by atoms with Gasteiger partial charge >= 0.3 is 0 Å². The summed E-state index contributed by atoms with van der Waals surface area (Å²) in [7, 11) is 0. The zero-order chi connectivity index (χ0) is 15.0. The number of nitrogens with two attached hydrogens (primary N) is 1. The molecule has 20 heavy (non-hydrogen) atoms. The predicted molar refractivity (Wildman–Crippen MR) is 77.4 cm³/mol. The molecule has 1 heterocycles. The summed E-state index contributed by atoms with van der Waals surface area (Å²) in [5.74, 6) is -0.258. The minimum Gasteiger partial charge on any atom is -0.409 e. The lowest BCUT2D eigenvalue weighted by atomic mass is 9.80. The second-order valence-corrected chi connectivity index (χ2v) is 4.60. The van der Waals surface area contributed by atoms with Crippen LogP contribution in [-0.2, 0) is 11.2 Å². The van der Waals surface area contributed by atoms with Crippen LogP contribution in [0.5, 0.6) is 0 Å². The van der Waals surface area contributed by atoms with Crippen molar-refractivity contribution in [1.82, 2.24) is 10.3 Å². The van der Waals surface area contributed by atoms with Crippen molar-refractivity contribution in [3.05, 3.63) is 30.1 Å². The lowest BCUT2D eigenvalue weighted by molar-refractivity contribution is -0.127. The minimum absolute atomic E-state index is 0.0437. The number of hydrogen-bond acceptors (Lipinski definition) is 4. The van der Waals surface area contributed by atoms with Gasteiger partial charge in [0.05, 0.1) is 0 Å². The second kappa shape index (κ2) is 7.47. The second-order valence-electron chi connectivity index (χ2n) is 4.60. The zero-order valence-corrected chi connectivity index (χ0v) is 12.0. The van der Waals surface area contributed by atoms with Crippen molar-refractivity contribution in [2.24, 2.45) is 16.3 Å². The van der Waals surface area contributed by atoms with E-state index in [0.717, 1.165) is 5.69 Å². The van der Waals surface area contributed by atoms with Crippen LogP contribution in [0.1, 0.15) is 32.4 Å². The van der Waals surface area contributed by atoms with Gasteiger partial charge in [0.2, 0.25) is 5.91 Å². The molecule has 0 saturated heterocycles. The fourth-order valence-corrected chi connectivity index (χ4v) is 2.16. The Bertz CT molecular complexity index is 456. The summed E-state index contributed by atoms with van der Waals surface area (Å²) < 4.78 is 0. The van der Waals surface area contributed by atoms with Crippen LogP contribution in [0, 0.1) is 5.41 Å². The summed E-state index contributed by atoms with van der Waals surface area (Å²) in [6.45, 7) is 4.16. The molecule has 0 aliphatic carbocycles. The Balaban J connectivity index is 2.64. The maximum absolute atomic E-state index is 12.3. The number of carbonyl (C=O) groups excluding carboxylic acids is 1. The molecule has 0 aliphatic heterocycles. The summed E-state index contributed by atoms with van der Waals surface area (Å²) in [6.07, 6.45) is 3.33. The Hall–Kier alpha value is -2.11. The summed E-state index contributed by atoms with van der Waals surface area (Å²) in [5, 5.41) is 14.7. The van der Waals surface area contributed by atoms with Crippen molar-refractivity contribution in [3.8, 4) is 0 Å². The third-order valence-electron chi connectivity index (χ3n) is 3.63. The fourth-order valence-electron chi connectivity index (χ4n) is 2.16. The molecule has 0 saturated carbocycles. The maximum atomic E-state index is 12.3. The van der Waals surface area contributed by atoms with Gasteiger partial charge in [-0.2, -0.15) is 0 Å². The molecule has 0 fully saturated rings. The normalized spacial score (nSPS) is 12.2. The highest BCUT2D eigenvalue weighted by Gasteiger charge is 2.39. The van der Waals surface area contributed by atoms with Gasteiger partial charge in [0.1, 0.15) is 5.41 Å². The Morgan fingerprint density at radius 3 is 2.65 bits per heavy atom. The molecule has 1 aromatic rings. The molecular formula is C14H22N4O2. The van der Waals surface area contributed by atoms with E-state index in [1.807, 2.05) is 32.0 Å². The number of hydrogen-bond donors (Lipinski definition) is 3. The number of carbonyl (C=O) groups is 1. The van der Waals surface area contributed by atoms with Crippen LogP contribution in [0.2, 0.25) is 0 Å². The summed E-state index contributed by atoms with van der Waals surface area (Å²) in [4.78, 5) is 16.5. The Labute approximate surface area is 119 Å². The van der Waals surface area contributed by atoms with Crippen LogP contribution in [0.25, 0.3) is 0 Å². The van der Waals surface area contributed by atoms with Crippen LogP contribution in [-0.4, -0.2) is 28.5 Å². The Kier molecular flexibility index (Phi) is 5.96. The number of nitrogens with zero attached hydrogens (tertiary/aromatic N) is 2. The summed E-state index contributed by atoms with van der Waals surface area (Å²) in [6, 6.07) is 5.66. The molecule has 1 amide bonds. The average Bonchev–Trinajstić information content (AvgIpc) is 2.49. The van der Waals surface area contributed by atoms with E-state index in [-0.39, 0.29) is 11.7 Å². The van der Waals surface area contributed by atoms with Gasteiger partial charge in [-0.25, -0.2) is 0 Å². The van der Waals surface area contributed by atoms with Crippen LogP contribution < -0.4 is 11.1 Å². The highest BCUT2D eigenvalue weighted by atomic mass is 16.4. The van der Waals surface area contributed by atoms with E-state index in [2.05, 4.69) is 15.5 Å². The fraction of sp³-hybridized carbons (Fsp3) is 0.500. The molecule has 0 aromatic carbocycles. The lowest BCUT2D eigenvalue weighted by Crippen LogP contribution is -2.49. The van der Waals surface area contributed by atoms with E-state index in [1.54, 1.807) is 6.20 Å². The molecule has 0 atom stereocenters. The first kappa shape index (κ1) is 15.9. The first-order chi connectivity index (χ1) is 9.60. The molecule has 6 nitrogen and oxygen atoms in total. The number of pyridine rings is 1. The maximum Gasteiger partial charge on any atom is 0.233 e. The van der Waals surface area contributed by atoms with Gasteiger partial charge in [-0.3, -0.25) is 9.78 Å². The number of aromatic nitrogens is 1. The Morgan fingerprint density at radius 2 is 2.15 bits per heavy atom. The lowest BCUT2D eigenvalue weighted by Gasteiger charge is -2.28. The van der Waals surface area contributed by atoms with Crippen molar-refractivity contribution >= 4 is 11.7 Å². The molecule has 0 radical (unpaired) electrons. The molecule has 1 rings (SSSR count). The van der Waals surface area contributed by atoms with Crippen molar-refractivity contribution in [2.45, 2.75) is 33.1 Å². The number of amides is 1. The van der Waals surface area contributed by atoms with Crippen LogP contribution in [0.4, 0.5) is 0 Å². The molecule has 110 valence electrons. The number of nitrogens with one attached hydrogen (secondary N) is 1. The van der Waals surface area contributed by atoms with Crippen LogP contribution in [0.15, 0.2) is 29.6 Å². The number of rotatable bonds is 7. The minimum atomic E-state index is -0.946. The van der Waals surface area contributed by atoms with Crippen molar-refractivity contribution in [1.29, 1.82) is 0 Å². The van der Waals surface area contributed by atoms with Gasteiger partial charge in [0, 0.05) is 24.9 Å². The van der Waals surface area contributed by atoms with Gasteiger partial charge in [0.15, 0.2) is 5.84 Å². The SMILES string of the molecule is CCC(CC)(C(=O)NCCc1ccccn1)C(N)=NO. The quantitative estimate of drug-likeness (QED) is 0.303. The molecule has 6 heteroatoms. The molecule has 0 spiro atoms. The van der Waals surface area contributed by atoms with Crippen LogP contribution >= 0.6 is 0 Å². The molecule has 0 bridgehead atoms. The van der Waals surface area contributed by atoms with Crippen molar-refractivity contribution in [3.63, 3.8) is 0 Å². The monoisotopic (exact) mass is 278 g/mol. The molecule has 1 aromatic heterocycles. The van der Waals surface area contributed by atoms with Gasteiger partial charge in [0.25, 0.3) is 0 Å². The molecule has 0 aliphatic rings. The van der Waals surface area contributed by atoms with E-state index < -0.39 is 5.41 Å². The topological polar surface area (TPSA) is 101 Å². The van der Waals surface area contributed by atoms with E-state index in [1.165, 1.54) is 0 Å². The molecular weight excluding hydrogens is 256 g/mol. The van der Waals surface area contributed by atoms with E-state index >= 15 is 0 Å². The predicted octanol–water partition coefficient (Wildman–Crippen LogP) is 1.29. The third-order valence-corrected chi connectivity index (χ3v) is 3.63. The average molecular weight is 278 g/mol. The van der Waals surface area contributed by atoms with Gasteiger partial charge in [-0.1, -0.05) is 25.1 Å². The van der Waals surface area contributed by atoms with Gasteiger partial charge in [-0.05, 0) is 25.0 Å². The largest absolute Gasteiger partial charge is 0.409 e.